The Kier molecular flexibility index (Phi) is 5.57. The van der Waals surface area contributed by atoms with Crippen LogP contribution in [0.4, 0.5) is 8.78 Å². The van der Waals surface area contributed by atoms with Crippen LogP contribution < -0.4 is 4.74 Å². The van der Waals surface area contributed by atoms with E-state index in [9.17, 15) is 18.7 Å². The zero-order valence-electron chi connectivity index (χ0n) is 13.7. The molecule has 0 aliphatic carbocycles. The highest BCUT2D eigenvalue weighted by molar-refractivity contribution is 5.95. The highest BCUT2D eigenvalue weighted by Crippen LogP contribution is 2.29. The molecule has 128 valence electrons. The average Bonchev–Trinajstić information content (AvgIpc) is 2.50. The van der Waals surface area contributed by atoms with Crippen molar-refractivity contribution in [3.05, 3.63) is 28.8 Å². The second kappa shape index (κ2) is 7.25. The number of aliphatic hydroxyl groups excluding tert-OH is 1. The minimum Gasteiger partial charge on any atom is -0.434 e. The molecule has 1 saturated heterocycles. The number of hydrogen-bond acceptors (Lipinski definition) is 3. The summed E-state index contributed by atoms with van der Waals surface area (Å²) in [4.78, 5) is 14.5. The number of amides is 1. The van der Waals surface area contributed by atoms with Gasteiger partial charge in [-0.3, -0.25) is 4.79 Å². The summed E-state index contributed by atoms with van der Waals surface area (Å²) in [5.41, 5.74) is 1.49. The molecule has 0 aromatic heterocycles. The quantitative estimate of drug-likeness (QED) is 0.924. The van der Waals surface area contributed by atoms with E-state index >= 15 is 0 Å². The molecule has 1 amide bonds. The van der Waals surface area contributed by atoms with Crippen LogP contribution in [-0.4, -0.2) is 41.7 Å². The Morgan fingerprint density at radius 3 is 2.48 bits per heavy atom. The first kappa shape index (κ1) is 17.7. The third kappa shape index (κ3) is 3.99. The van der Waals surface area contributed by atoms with Crippen molar-refractivity contribution in [2.45, 2.75) is 46.3 Å². The lowest BCUT2D eigenvalue weighted by atomic mass is 9.93. The number of alkyl halides is 2. The van der Waals surface area contributed by atoms with Crippen LogP contribution in [0.3, 0.4) is 0 Å². The molecule has 4 nitrogen and oxygen atoms in total. The Bertz CT molecular complexity index is 554. The summed E-state index contributed by atoms with van der Waals surface area (Å²) in [7, 11) is 0. The second-order valence-corrected chi connectivity index (χ2v) is 6.25. The molecule has 0 radical (unpaired) electrons. The van der Waals surface area contributed by atoms with Crippen LogP contribution in [0.5, 0.6) is 5.75 Å². The zero-order valence-corrected chi connectivity index (χ0v) is 13.7. The van der Waals surface area contributed by atoms with Gasteiger partial charge in [-0.05, 0) is 62.8 Å². The predicted octanol–water partition coefficient (Wildman–Crippen LogP) is 3.14. The van der Waals surface area contributed by atoms with Crippen LogP contribution in [-0.2, 0) is 0 Å². The van der Waals surface area contributed by atoms with Crippen molar-refractivity contribution in [2.75, 3.05) is 13.2 Å². The van der Waals surface area contributed by atoms with Crippen molar-refractivity contribution >= 4 is 5.91 Å². The second-order valence-electron chi connectivity index (χ2n) is 6.25. The molecule has 0 bridgehead atoms. The highest BCUT2D eigenvalue weighted by Gasteiger charge is 2.29. The topological polar surface area (TPSA) is 49.8 Å². The lowest BCUT2D eigenvalue weighted by Crippen LogP contribution is -2.46. The van der Waals surface area contributed by atoms with E-state index in [1.165, 1.54) is 0 Å². The van der Waals surface area contributed by atoms with Gasteiger partial charge in [-0.25, -0.2) is 0 Å². The maximum atomic E-state index is 12.8. The van der Waals surface area contributed by atoms with Gasteiger partial charge in [-0.2, -0.15) is 8.78 Å². The van der Waals surface area contributed by atoms with E-state index in [-0.39, 0.29) is 30.2 Å². The number of carbonyl (C=O) groups excluding carboxylic acids is 1. The van der Waals surface area contributed by atoms with Gasteiger partial charge in [0, 0.05) is 24.8 Å². The molecule has 6 heteroatoms. The van der Waals surface area contributed by atoms with Crippen molar-refractivity contribution in [1.29, 1.82) is 0 Å². The lowest BCUT2D eigenvalue weighted by molar-refractivity contribution is -0.0507. The van der Waals surface area contributed by atoms with Crippen molar-refractivity contribution in [1.82, 2.24) is 4.90 Å². The van der Waals surface area contributed by atoms with Crippen molar-refractivity contribution in [3.63, 3.8) is 0 Å². The fourth-order valence-electron chi connectivity index (χ4n) is 3.13. The minimum atomic E-state index is -2.89. The SMILES string of the molecule is Cc1cc(C(=O)N2CC(CO)CCC2C)cc(C)c1OC(F)F. The van der Waals surface area contributed by atoms with E-state index in [0.717, 1.165) is 12.8 Å². The standard InChI is InChI=1S/C17H23F2NO3/c1-10-6-14(7-11(2)15(10)23-17(18)19)16(22)20-8-13(9-21)5-4-12(20)3/h6-7,12-13,17,21H,4-5,8-9H2,1-3H3. The Hall–Kier alpha value is -1.69. The molecule has 1 fully saturated rings. The number of ether oxygens (including phenoxy) is 1. The molecule has 2 rings (SSSR count). The van der Waals surface area contributed by atoms with Gasteiger partial charge in [0.15, 0.2) is 0 Å². The van der Waals surface area contributed by atoms with Crippen molar-refractivity contribution < 1.29 is 23.4 Å². The molecule has 23 heavy (non-hydrogen) atoms. The van der Waals surface area contributed by atoms with Gasteiger partial charge in [-0.15, -0.1) is 0 Å². The van der Waals surface area contributed by atoms with Gasteiger partial charge in [-0.1, -0.05) is 0 Å². The van der Waals surface area contributed by atoms with Crippen molar-refractivity contribution in [2.24, 2.45) is 5.92 Å². The number of benzene rings is 1. The van der Waals surface area contributed by atoms with E-state index < -0.39 is 6.61 Å². The van der Waals surface area contributed by atoms with Crippen LogP contribution in [0.15, 0.2) is 12.1 Å². The van der Waals surface area contributed by atoms with E-state index in [1.807, 2.05) is 6.92 Å². The third-order valence-electron chi connectivity index (χ3n) is 4.41. The predicted molar refractivity (Wildman–Crippen MR) is 82.9 cm³/mol. The molecule has 1 aromatic rings. The molecule has 1 aromatic carbocycles. The van der Waals surface area contributed by atoms with E-state index in [0.29, 0.717) is 23.2 Å². The summed E-state index contributed by atoms with van der Waals surface area (Å²) in [6, 6.07) is 3.27. The Labute approximate surface area is 135 Å². The van der Waals surface area contributed by atoms with E-state index in [1.54, 1.807) is 30.9 Å². The van der Waals surface area contributed by atoms with Gasteiger partial charge in [0.05, 0.1) is 0 Å². The van der Waals surface area contributed by atoms with Crippen molar-refractivity contribution in [3.8, 4) is 5.75 Å². The Morgan fingerprint density at radius 2 is 1.96 bits per heavy atom. The first-order valence-corrected chi connectivity index (χ1v) is 7.81. The Balaban J connectivity index is 2.25. The normalized spacial score (nSPS) is 21.6. The highest BCUT2D eigenvalue weighted by atomic mass is 19.3. The summed E-state index contributed by atoms with van der Waals surface area (Å²) < 4.78 is 29.4. The summed E-state index contributed by atoms with van der Waals surface area (Å²) in [5, 5.41) is 9.33. The van der Waals surface area contributed by atoms with Gasteiger partial charge < -0.3 is 14.7 Å². The summed E-state index contributed by atoms with van der Waals surface area (Å²) >= 11 is 0. The first-order valence-electron chi connectivity index (χ1n) is 7.81. The number of halogens is 2. The molecule has 1 N–H and O–H groups in total. The monoisotopic (exact) mass is 327 g/mol. The minimum absolute atomic E-state index is 0.0652. The van der Waals surface area contributed by atoms with Crippen LogP contribution in [0.25, 0.3) is 0 Å². The van der Waals surface area contributed by atoms with Crippen LogP contribution >= 0.6 is 0 Å². The number of nitrogens with zero attached hydrogens (tertiary/aromatic N) is 1. The van der Waals surface area contributed by atoms with Gasteiger partial charge in [0.2, 0.25) is 0 Å². The number of carbonyl (C=O) groups is 1. The number of likely N-dealkylation sites (tertiary alicyclic amines) is 1. The van der Waals surface area contributed by atoms with Gasteiger partial charge in [0.1, 0.15) is 5.75 Å². The maximum Gasteiger partial charge on any atom is 0.387 e. The third-order valence-corrected chi connectivity index (χ3v) is 4.41. The fourth-order valence-corrected chi connectivity index (χ4v) is 3.13. The largest absolute Gasteiger partial charge is 0.434 e. The van der Waals surface area contributed by atoms with Gasteiger partial charge in [0.25, 0.3) is 5.91 Å². The maximum absolute atomic E-state index is 12.8. The zero-order chi connectivity index (χ0) is 17.1. The molecule has 0 spiro atoms. The number of aliphatic hydroxyl groups is 1. The number of rotatable bonds is 4. The summed E-state index contributed by atoms with van der Waals surface area (Å²) in [6.07, 6.45) is 1.75. The summed E-state index contributed by atoms with van der Waals surface area (Å²) in [6.45, 7) is 2.98. The smallest absolute Gasteiger partial charge is 0.387 e. The molecule has 1 aliphatic heterocycles. The molecule has 0 saturated carbocycles. The molecule has 2 atom stereocenters. The number of piperidine rings is 1. The van der Waals surface area contributed by atoms with Crippen LogP contribution in [0.2, 0.25) is 0 Å². The molecule has 1 heterocycles. The lowest BCUT2D eigenvalue weighted by Gasteiger charge is -2.37. The van der Waals surface area contributed by atoms with Crippen LogP contribution in [0.1, 0.15) is 41.3 Å². The summed E-state index contributed by atoms with van der Waals surface area (Å²) in [5.74, 6) is 0.0840. The fraction of sp³-hybridized carbons (Fsp3) is 0.588. The molecule has 2 unspecified atom stereocenters. The number of hydrogen-bond donors (Lipinski definition) is 1. The molecule has 1 aliphatic rings. The van der Waals surface area contributed by atoms with E-state index in [4.69, 9.17) is 0 Å². The van der Waals surface area contributed by atoms with Gasteiger partial charge >= 0.3 is 6.61 Å². The van der Waals surface area contributed by atoms with Crippen LogP contribution in [0, 0.1) is 19.8 Å². The van der Waals surface area contributed by atoms with E-state index in [2.05, 4.69) is 4.74 Å². The Morgan fingerprint density at radius 1 is 1.35 bits per heavy atom. The number of aryl methyl sites for hydroxylation is 2. The molecular weight excluding hydrogens is 304 g/mol. The first-order chi connectivity index (χ1) is 10.8. The molecular formula is C17H23F2NO3. The average molecular weight is 327 g/mol.